The van der Waals surface area contributed by atoms with Crippen molar-refractivity contribution in [2.75, 3.05) is 59.6 Å². The van der Waals surface area contributed by atoms with E-state index in [2.05, 4.69) is 27.4 Å². The molecule has 1 heterocycles. The Bertz CT molecular complexity index is 745. The van der Waals surface area contributed by atoms with Gasteiger partial charge in [0.1, 0.15) is 6.61 Å². The highest BCUT2D eigenvalue weighted by Gasteiger charge is 2.25. The molecule has 0 spiro atoms. The van der Waals surface area contributed by atoms with Crippen molar-refractivity contribution in [3.05, 3.63) is 23.8 Å². The van der Waals surface area contributed by atoms with Crippen LogP contribution in [0.5, 0.6) is 11.5 Å². The first-order valence-electron chi connectivity index (χ1n) is 11.1. The van der Waals surface area contributed by atoms with Gasteiger partial charge < -0.3 is 30.1 Å². The molecule has 2 fully saturated rings. The first kappa shape index (κ1) is 23.1. The Labute approximate surface area is 184 Å². The molecule has 1 saturated heterocycles. The van der Waals surface area contributed by atoms with E-state index in [0.717, 1.165) is 57.1 Å². The van der Waals surface area contributed by atoms with Gasteiger partial charge in [-0.3, -0.25) is 9.69 Å². The number of benzene rings is 1. The first-order chi connectivity index (χ1) is 15.1. The quantitative estimate of drug-likeness (QED) is 0.364. The molecule has 172 valence electrons. The summed E-state index contributed by atoms with van der Waals surface area (Å²) >= 11 is 0. The number of rotatable bonds is 10. The molecule has 1 aliphatic heterocycles. The van der Waals surface area contributed by atoms with Gasteiger partial charge in [-0.15, -0.1) is 0 Å². The van der Waals surface area contributed by atoms with Gasteiger partial charge in [-0.05, 0) is 37.5 Å². The predicted octanol–water partition coefficient (Wildman–Crippen LogP) is 0.428. The van der Waals surface area contributed by atoms with Crippen LogP contribution >= 0.6 is 0 Å². The average molecular weight is 434 g/mol. The molecule has 1 amide bonds. The van der Waals surface area contributed by atoms with Crippen molar-refractivity contribution in [3.63, 3.8) is 0 Å². The third-order valence-electron chi connectivity index (χ3n) is 5.30. The lowest BCUT2D eigenvalue weighted by Crippen LogP contribution is -2.54. The van der Waals surface area contributed by atoms with Gasteiger partial charge in [0.05, 0.1) is 26.8 Å². The maximum Gasteiger partial charge on any atom is 0.234 e. The summed E-state index contributed by atoms with van der Waals surface area (Å²) in [6, 6.07) is 6.13. The Morgan fingerprint density at radius 2 is 2.00 bits per heavy atom. The smallest absolute Gasteiger partial charge is 0.234 e. The molecule has 0 bridgehead atoms. The molecule has 0 unspecified atom stereocenters. The minimum absolute atomic E-state index is 0.0420. The molecule has 0 atom stereocenters. The lowest BCUT2D eigenvalue weighted by molar-refractivity contribution is -0.122. The second-order valence-electron chi connectivity index (χ2n) is 7.83. The van der Waals surface area contributed by atoms with Crippen LogP contribution in [0.3, 0.4) is 0 Å². The van der Waals surface area contributed by atoms with E-state index in [9.17, 15) is 4.79 Å². The Kier molecular flexibility index (Phi) is 8.78. The third kappa shape index (κ3) is 7.29. The largest absolute Gasteiger partial charge is 0.493 e. The maximum atomic E-state index is 12.0. The second-order valence-corrected chi connectivity index (χ2v) is 7.83. The third-order valence-corrected chi connectivity index (χ3v) is 5.30. The summed E-state index contributed by atoms with van der Waals surface area (Å²) in [7, 11) is 1.60. The zero-order valence-electron chi connectivity index (χ0n) is 18.6. The number of carbonyl (C=O) groups excluding carboxylic acids is 1. The SMILES string of the molecule is CCNC(=NCc1ccc(OCCO)c(OC)c1)N1CCN(CC(=O)NC2CC2)CC1. The Morgan fingerprint density at radius 3 is 2.65 bits per heavy atom. The fraction of sp³-hybridized carbons (Fsp3) is 0.636. The number of methoxy groups -OCH3 is 1. The summed E-state index contributed by atoms with van der Waals surface area (Å²) in [4.78, 5) is 21.3. The molecule has 3 rings (SSSR count). The van der Waals surface area contributed by atoms with E-state index in [0.29, 0.717) is 30.6 Å². The van der Waals surface area contributed by atoms with Crippen LogP contribution in [0.15, 0.2) is 23.2 Å². The molecule has 0 aromatic heterocycles. The standard InChI is InChI=1S/C22H35N5O4/c1-3-23-22(24-15-17-4-7-19(31-13-12-28)20(14-17)30-2)27-10-8-26(9-11-27)16-21(29)25-18-5-6-18/h4,7,14,18,28H,3,5-6,8-13,15-16H2,1-2H3,(H,23,24)(H,25,29). The molecular formula is C22H35N5O4. The molecule has 31 heavy (non-hydrogen) atoms. The monoisotopic (exact) mass is 433 g/mol. The minimum Gasteiger partial charge on any atom is -0.493 e. The highest BCUT2D eigenvalue weighted by Crippen LogP contribution is 2.28. The molecule has 9 nitrogen and oxygen atoms in total. The van der Waals surface area contributed by atoms with Crippen LogP contribution in [0.25, 0.3) is 0 Å². The van der Waals surface area contributed by atoms with Crippen molar-refractivity contribution < 1.29 is 19.4 Å². The molecule has 2 aliphatic rings. The molecule has 1 aromatic rings. The number of nitrogens with one attached hydrogen (secondary N) is 2. The number of aliphatic hydroxyl groups excluding tert-OH is 1. The Morgan fingerprint density at radius 1 is 1.23 bits per heavy atom. The van der Waals surface area contributed by atoms with Crippen molar-refractivity contribution in [1.82, 2.24) is 20.4 Å². The average Bonchev–Trinajstić information content (AvgIpc) is 3.59. The topological polar surface area (TPSA) is 98.7 Å². The fourth-order valence-electron chi connectivity index (χ4n) is 3.50. The molecule has 0 radical (unpaired) electrons. The van der Waals surface area contributed by atoms with Crippen molar-refractivity contribution >= 4 is 11.9 Å². The summed E-state index contributed by atoms with van der Waals surface area (Å²) in [5.41, 5.74) is 1.01. The van der Waals surface area contributed by atoms with E-state index in [-0.39, 0.29) is 19.1 Å². The normalized spacial score (nSPS) is 17.4. The number of aliphatic hydroxyl groups is 1. The zero-order chi connectivity index (χ0) is 22.1. The van der Waals surface area contributed by atoms with Crippen LogP contribution in [-0.2, 0) is 11.3 Å². The van der Waals surface area contributed by atoms with Gasteiger partial charge in [0.15, 0.2) is 17.5 Å². The number of aliphatic imine (C=N–C) groups is 1. The van der Waals surface area contributed by atoms with Crippen LogP contribution in [0, 0.1) is 0 Å². The molecule has 1 saturated carbocycles. The number of guanidine groups is 1. The van der Waals surface area contributed by atoms with Gasteiger partial charge in [-0.2, -0.15) is 0 Å². The number of nitrogens with zero attached hydrogens (tertiary/aromatic N) is 3. The van der Waals surface area contributed by atoms with Gasteiger partial charge in [0.25, 0.3) is 0 Å². The number of ether oxygens (including phenoxy) is 2. The molecule has 9 heteroatoms. The number of piperazine rings is 1. The van der Waals surface area contributed by atoms with Gasteiger partial charge in [0.2, 0.25) is 5.91 Å². The molecule has 3 N–H and O–H groups in total. The summed E-state index contributed by atoms with van der Waals surface area (Å²) in [5.74, 6) is 2.25. The second kappa shape index (κ2) is 11.8. The van der Waals surface area contributed by atoms with Gasteiger partial charge >= 0.3 is 0 Å². The summed E-state index contributed by atoms with van der Waals surface area (Å²) in [5, 5.41) is 15.4. The van der Waals surface area contributed by atoms with Crippen molar-refractivity contribution in [3.8, 4) is 11.5 Å². The fourth-order valence-corrected chi connectivity index (χ4v) is 3.50. The minimum atomic E-state index is -0.0420. The zero-order valence-corrected chi connectivity index (χ0v) is 18.6. The van der Waals surface area contributed by atoms with E-state index in [1.165, 1.54) is 0 Å². The van der Waals surface area contributed by atoms with Crippen LogP contribution in [-0.4, -0.2) is 92.4 Å². The van der Waals surface area contributed by atoms with E-state index in [1.54, 1.807) is 7.11 Å². The van der Waals surface area contributed by atoms with Crippen LogP contribution in [0.1, 0.15) is 25.3 Å². The molecule has 1 aromatic carbocycles. The number of carbonyl (C=O) groups is 1. The number of hydrogen-bond donors (Lipinski definition) is 3. The highest BCUT2D eigenvalue weighted by atomic mass is 16.5. The van der Waals surface area contributed by atoms with E-state index in [4.69, 9.17) is 19.6 Å². The van der Waals surface area contributed by atoms with Crippen LogP contribution < -0.4 is 20.1 Å². The van der Waals surface area contributed by atoms with Crippen molar-refractivity contribution in [2.24, 2.45) is 4.99 Å². The van der Waals surface area contributed by atoms with Crippen LogP contribution in [0.4, 0.5) is 0 Å². The summed E-state index contributed by atoms with van der Waals surface area (Å²) < 4.78 is 10.9. The van der Waals surface area contributed by atoms with E-state index in [1.807, 2.05) is 18.2 Å². The lowest BCUT2D eigenvalue weighted by atomic mass is 10.2. The van der Waals surface area contributed by atoms with Gasteiger partial charge in [-0.1, -0.05) is 6.07 Å². The van der Waals surface area contributed by atoms with Crippen LogP contribution in [0.2, 0.25) is 0 Å². The molecular weight excluding hydrogens is 398 g/mol. The van der Waals surface area contributed by atoms with Crippen molar-refractivity contribution in [1.29, 1.82) is 0 Å². The highest BCUT2D eigenvalue weighted by molar-refractivity contribution is 5.80. The van der Waals surface area contributed by atoms with Crippen molar-refractivity contribution in [2.45, 2.75) is 32.4 Å². The Balaban J connectivity index is 1.54. The van der Waals surface area contributed by atoms with Gasteiger partial charge in [-0.25, -0.2) is 4.99 Å². The first-order valence-corrected chi connectivity index (χ1v) is 11.1. The Hall–Kier alpha value is -2.52. The summed E-state index contributed by atoms with van der Waals surface area (Å²) in [6.45, 7) is 7.38. The van der Waals surface area contributed by atoms with E-state index < -0.39 is 0 Å². The number of hydrogen-bond acceptors (Lipinski definition) is 6. The van der Waals surface area contributed by atoms with Gasteiger partial charge in [0, 0.05) is 38.8 Å². The summed E-state index contributed by atoms with van der Waals surface area (Å²) in [6.07, 6.45) is 2.23. The lowest BCUT2D eigenvalue weighted by Gasteiger charge is -2.36. The molecule has 1 aliphatic carbocycles. The predicted molar refractivity (Wildman–Crippen MR) is 120 cm³/mol. The van der Waals surface area contributed by atoms with E-state index >= 15 is 0 Å². The number of amides is 1. The maximum absolute atomic E-state index is 12.0.